The van der Waals surface area contributed by atoms with Gasteiger partial charge in [0.1, 0.15) is 0 Å². The van der Waals surface area contributed by atoms with Gasteiger partial charge in [-0.25, -0.2) is 0 Å². The number of nitrogens with zero attached hydrogens (tertiary/aromatic N) is 1. The van der Waals surface area contributed by atoms with Gasteiger partial charge >= 0.3 is 0 Å². The summed E-state index contributed by atoms with van der Waals surface area (Å²) in [6.07, 6.45) is 4.56. The number of carbonyl (C=O) groups is 1. The molecule has 0 saturated heterocycles. The van der Waals surface area contributed by atoms with Gasteiger partial charge in [0.2, 0.25) is 5.91 Å². The zero-order valence-electron chi connectivity index (χ0n) is 12.2. The van der Waals surface area contributed by atoms with E-state index in [2.05, 4.69) is 24.1 Å². The number of nitrogens with two attached hydrogens (primary N) is 1. The Bertz CT molecular complexity index is 266. The smallest absolute Gasteiger partial charge is 0.237 e. The Hall–Kier alpha value is -0.610. The van der Waals surface area contributed by atoms with E-state index in [1.54, 1.807) is 0 Å². The lowest BCUT2D eigenvalue weighted by atomic mass is 9.96. The third-order valence-electron chi connectivity index (χ3n) is 3.90. The number of carbonyl (C=O) groups excluding carboxylic acids is 1. The average molecular weight is 255 g/mol. The predicted octanol–water partition coefficient (Wildman–Crippen LogP) is 1.35. The maximum atomic E-state index is 11.6. The number of amides is 1. The third-order valence-corrected chi connectivity index (χ3v) is 3.90. The highest BCUT2D eigenvalue weighted by Gasteiger charge is 2.31. The average Bonchev–Trinajstić information content (AvgIpc) is 3.15. The predicted molar refractivity (Wildman–Crippen MR) is 75.3 cm³/mol. The fraction of sp³-hybridized carbons (Fsp3) is 0.929. The molecule has 0 radical (unpaired) electrons. The first-order valence-electron chi connectivity index (χ1n) is 7.29. The molecule has 1 amide bonds. The molecule has 106 valence electrons. The van der Waals surface area contributed by atoms with Crippen molar-refractivity contribution in [2.75, 3.05) is 26.2 Å². The van der Waals surface area contributed by atoms with Gasteiger partial charge in [0.05, 0.1) is 5.54 Å². The molecule has 1 aliphatic rings. The Morgan fingerprint density at radius 2 is 2.11 bits per heavy atom. The van der Waals surface area contributed by atoms with Crippen LogP contribution in [0.3, 0.4) is 0 Å². The maximum absolute atomic E-state index is 11.6. The largest absolute Gasteiger partial charge is 0.368 e. The zero-order chi connectivity index (χ0) is 13.6. The van der Waals surface area contributed by atoms with E-state index in [4.69, 9.17) is 5.73 Å². The molecule has 3 N–H and O–H groups in total. The highest BCUT2D eigenvalue weighted by molar-refractivity contribution is 5.84. The second-order valence-corrected chi connectivity index (χ2v) is 5.71. The molecule has 0 aromatic carbocycles. The van der Waals surface area contributed by atoms with E-state index in [9.17, 15) is 4.79 Å². The van der Waals surface area contributed by atoms with Crippen molar-refractivity contribution in [3.05, 3.63) is 0 Å². The van der Waals surface area contributed by atoms with Gasteiger partial charge < -0.3 is 16.0 Å². The summed E-state index contributed by atoms with van der Waals surface area (Å²) < 4.78 is 0. The van der Waals surface area contributed by atoms with Crippen LogP contribution < -0.4 is 11.1 Å². The number of rotatable bonds is 10. The Balaban J connectivity index is 2.40. The molecular weight excluding hydrogens is 226 g/mol. The molecule has 18 heavy (non-hydrogen) atoms. The summed E-state index contributed by atoms with van der Waals surface area (Å²) in [6, 6.07) is 0. The fourth-order valence-corrected chi connectivity index (χ4v) is 2.13. The molecule has 0 heterocycles. The molecule has 1 atom stereocenters. The van der Waals surface area contributed by atoms with Crippen molar-refractivity contribution in [2.45, 2.75) is 52.0 Å². The van der Waals surface area contributed by atoms with E-state index in [0.717, 1.165) is 38.4 Å². The lowest BCUT2D eigenvalue weighted by Gasteiger charge is -2.30. The monoisotopic (exact) mass is 255 g/mol. The van der Waals surface area contributed by atoms with Crippen LogP contribution in [0.25, 0.3) is 0 Å². The number of hydrogen-bond donors (Lipinski definition) is 2. The molecule has 0 aromatic heterocycles. The van der Waals surface area contributed by atoms with E-state index in [-0.39, 0.29) is 5.91 Å². The second kappa shape index (κ2) is 7.10. The van der Waals surface area contributed by atoms with E-state index < -0.39 is 5.54 Å². The molecular formula is C14H29N3O. The second-order valence-electron chi connectivity index (χ2n) is 5.71. The quantitative estimate of drug-likeness (QED) is 0.619. The first-order chi connectivity index (χ1) is 8.51. The Morgan fingerprint density at radius 3 is 2.56 bits per heavy atom. The molecule has 1 rings (SSSR count). The van der Waals surface area contributed by atoms with Crippen molar-refractivity contribution in [3.63, 3.8) is 0 Å². The van der Waals surface area contributed by atoms with Crippen molar-refractivity contribution in [1.29, 1.82) is 0 Å². The highest BCUT2D eigenvalue weighted by atomic mass is 16.1. The van der Waals surface area contributed by atoms with Gasteiger partial charge in [0.25, 0.3) is 0 Å². The molecule has 0 aromatic rings. The summed E-state index contributed by atoms with van der Waals surface area (Å²) in [5, 5.41) is 3.29. The third kappa shape index (κ3) is 4.94. The molecule has 4 heteroatoms. The van der Waals surface area contributed by atoms with Gasteiger partial charge in [0, 0.05) is 13.1 Å². The van der Waals surface area contributed by atoms with Crippen LogP contribution in [0.4, 0.5) is 0 Å². The van der Waals surface area contributed by atoms with E-state index >= 15 is 0 Å². The van der Waals surface area contributed by atoms with Gasteiger partial charge in [-0.05, 0) is 51.6 Å². The molecule has 0 bridgehead atoms. The first kappa shape index (κ1) is 15.4. The molecule has 1 aliphatic carbocycles. The topological polar surface area (TPSA) is 58.4 Å². The molecule has 1 saturated carbocycles. The number of hydrogen-bond acceptors (Lipinski definition) is 3. The normalized spacial score (nSPS) is 18.9. The molecule has 1 fully saturated rings. The standard InChI is InChI=1S/C14H29N3O/c1-4-9-16-14(3,13(15)18)8-10-17(5-2)11-12-6-7-12/h12,16H,4-11H2,1-3H3,(H2,15,18). The van der Waals surface area contributed by atoms with Gasteiger partial charge in [-0.3, -0.25) is 4.79 Å². The zero-order valence-corrected chi connectivity index (χ0v) is 12.2. The molecule has 1 unspecified atom stereocenters. The van der Waals surface area contributed by atoms with Crippen LogP contribution in [0.15, 0.2) is 0 Å². The summed E-state index contributed by atoms with van der Waals surface area (Å²) in [5.74, 6) is 0.659. The van der Waals surface area contributed by atoms with Gasteiger partial charge in [-0.1, -0.05) is 13.8 Å². The van der Waals surface area contributed by atoms with Crippen LogP contribution in [0.1, 0.15) is 46.5 Å². The first-order valence-corrected chi connectivity index (χ1v) is 7.29. The molecule has 0 spiro atoms. The van der Waals surface area contributed by atoms with Crippen molar-refractivity contribution >= 4 is 5.91 Å². The lowest BCUT2D eigenvalue weighted by molar-refractivity contribution is -0.124. The van der Waals surface area contributed by atoms with Crippen molar-refractivity contribution in [2.24, 2.45) is 11.7 Å². The van der Waals surface area contributed by atoms with Crippen LogP contribution in [0.2, 0.25) is 0 Å². The van der Waals surface area contributed by atoms with Crippen LogP contribution in [-0.2, 0) is 4.79 Å². The summed E-state index contributed by atoms with van der Waals surface area (Å²) in [6.45, 7) is 10.2. The van der Waals surface area contributed by atoms with Crippen LogP contribution in [0, 0.1) is 5.92 Å². The summed E-state index contributed by atoms with van der Waals surface area (Å²) in [7, 11) is 0. The van der Waals surface area contributed by atoms with Crippen molar-refractivity contribution < 1.29 is 4.79 Å². The van der Waals surface area contributed by atoms with E-state index in [1.807, 2.05) is 6.92 Å². The van der Waals surface area contributed by atoms with Crippen LogP contribution >= 0.6 is 0 Å². The number of nitrogens with one attached hydrogen (secondary N) is 1. The van der Waals surface area contributed by atoms with Crippen LogP contribution in [-0.4, -0.2) is 42.5 Å². The summed E-state index contributed by atoms with van der Waals surface area (Å²) in [5.41, 5.74) is 4.97. The summed E-state index contributed by atoms with van der Waals surface area (Å²) in [4.78, 5) is 14.0. The Kier molecular flexibility index (Phi) is 6.09. The van der Waals surface area contributed by atoms with Gasteiger partial charge in [-0.2, -0.15) is 0 Å². The van der Waals surface area contributed by atoms with E-state index in [1.165, 1.54) is 19.4 Å². The maximum Gasteiger partial charge on any atom is 0.237 e. The minimum Gasteiger partial charge on any atom is -0.368 e. The van der Waals surface area contributed by atoms with Crippen molar-refractivity contribution in [3.8, 4) is 0 Å². The van der Waals surface area contributed by atoms with Crippen molar-refractivity contribution in [1.82, 2.24) is 10.2 Å². The Labute approximate surface area is 111 Å². The van der Waals surface area contributed by atoms with E-state index in [0.29, 0.717) is 0 Å². The summed E-state index contributed by atoms with van der Waals surface area (Å²) >= 11 is 0. The molecule has 4 nitrogen and oxygen atoms in total. The highest BCUT2D eigenvalue weighted by Crippen LogP contribution is 2.29. The lowest BCUT2D eigenvalue weighted by Crippen LogP contribution is -2.54. The minimum atomic E-state index is -0.563. The van der Waals surface area contributed by atoms with Gasteiger partial charge in [-0.15, -0.1) is 0 Å². The SMILES string of the molecule is CCCNC(C)(CCN(CC)CC1CC1)C(N)=O. The van der Waals surface area contributed by atoms with Gasteiger partial charge in [0.15, 0.2) is 0 Å². The Morgan fingerprint density at radius 1 is 1.44 bits per heavy atom. The molecule has 0 aliphatic heterocycles. The number of primary amides is 1. The fourth-order valence-electron chi connectivity index (χ4n) is 2.13. The minimum absolute atomic E-state index is 0.238. The van der Waals surface area contributed by atoms with Crippen LogP contribution in [0.5, 0.6) is 0 Å².